The molecule has 86 valence electrons. The Kier molecular flexibility index (Phi) is 2.72. The minimum absolute atomic E-state index is 0.834. The van der Waals surface area contributed by atoms with E-state index in [9.17, 15) is 0 Å². The number of fused-ring (bicyclic) bond motifs is 2. The summed E-state index contributed by atoms with van der Waals surface area (Å²) in [4.78, 5) is 2.59. The van der Waals surface area contributed by atoms with Gasteiger partial charge in [-0.25, -0.2) is 0 Å². The summed E-state index contributed by atoms with van der Waals surface area (Å²) in [6.07, 6.45) is 7.03. The molecular formula is C15H21N. The van der Waals surface area contributed by atoms with Crippen LogP contribution in [0.1, 0.15) is 36.8 Å². The standard InChI is InChI=1S/C15H21N/c1-16-11-14-8-3-2-6-12(14)10-13-7-4-5-9-15(13)16/h2-3,6,8,13,15H,4-5,7,9-11H2,1H3. The Morgan fingerprint density at radius 1 is 1.06 bits per heavy atom. The van der Waals surface area contributed by atoms with E-state index in [1.807, 2.05) is 0 Å². The van der Waals surface area contributed by atoms with Crippen molar-refractivity contribution in [2.24, 2.45) is 5.92 Å². The molecule has 1 heterocycles. The molecule has 1 aromatic rings. The Hall–Kier alpha value is -0.820. The average Bonchev–Trinajstić information content (AvgIpc) is 2.45. The smallest absolute Gasteiger partial charge is 0.0236 e. The topological polar surface area (TPSA) is 3.24 Å². The largest absolute Gasteiger partial charge is 0.299 e. The number of nitrogens with zero attached hydrogens (tertiary/aromatic N) is 1. The van der Waals surface area contributed by atoms with Crippen LogP contribution in [0.2, 0.25) is 0 Å². The van der Waals surface area contributed by atoms with E-state index in [1.165, 1.54) is 32.1 Å². The minimum Gasteiger partial charge on any atom is -0.299 e. The summed E-state index contributed by atoms with van der Waals surface area (Å²) in [6, 6.07) is 9.86. The molecule has 16 heavy (non-hydrogen) atoms. The van der Waals surface area contributed by atoms with Crippen LogP contribution < -0.4 is 0 Å². The van der Waals surface area contributed by atoms with Gasteiger partial charge >= 0.3 is 0 Å². The monoisotopic (exact) mass is 215 g/mol. The maximum Gasteiger partial charge on any atom is 0.0236 e. The highest BCUT2D eigenvalue weighted by atomic mass is 15.1. The molecule has 0 bridgehead atoms. The predicted octanol–water partition coefficient (Wildman–Crippen LogP) is 3.23. The van der Waals surface area contributed by atoms with Crippen LogP contribution >= 0.6 is 0 Å². The molecule has 0 radical (unpaired) electrons. The molecule has 2 aliphatic rings. The maximum atomic E-state index is 2.59. The molecule has 0 amide bonds. The molecule has 3 rings (SSSR count). The predicted molar refractivity (Wildman–Crippen MR) is 67.4 cm³/mol. The van der Waals surface area contributed by atoms with Gasteiger partial charge in [0.15, 0.2) is 0 Å². The van der Waals surface area contributed by atoms with Crippen LogP contribution in [0, 0.1) is 5.92 Å². The zero-order valence-electron chi connectivity index (χ0n) is 10.2. The SMILES string of the molecule is CN1Cc2ccccc2CC2CCCCC21. The fourth-order valence-corrected chi connectivity index (χ4v) is 3.59. The van der Waals surface area contributed by atoms with Gasteiger partial charge in [0, 0.05) is 12.6 Å². The summed E-state index contributed by atoms with van der Waals surface area (Å²) in [6.45, 7) is 1.15. The normalized spacial score (nSPS) is 30.3. The molecule has 2 unspecified atom stereocenters. The van der Waals surface area contributed by atoms with Crippen molar-refractivity contribution in [3.63, 3.8) is 0 Å². The summed E-state index contributed by atoms with van der Waals surface area (Å²) in [5, 5.41) is 0. The van der Waals surface area contributed by atoms with E-state index in [-0.39, 0.29) is 0 Å². The first-order valence-electron chi connectivity index (χ1n) is 6.61. The zero-order chi connectivity index (χ0) is 11.0. The van der Waals surface area contributed by atoms with Gasteiger partial charge in [0.2, 0.25) is 0 Å². The van der Waals surface area contributed by atoms with E-state index < -0.39 is 0 Å². The van der Waals surface area contributed by atoms with Gasteiger partial charge in [0.25, 0.3) is 0 Å². The van der Waals surface area contributed by atoms with Crippen molar-refractivity contribution in [2.45, 2.75) is 44.7 Å². The van der Waals surface area contributed by atoms with Crippen LogP contribution in [0.25, 0.3) is 0 Å². The third kappa shape index (κ3) is 1.78. The van der Waals surface area contributed by atoms with Crippen molar-refractivity contribution in [1.82, 2.24) is 4.90 Å². The Morgan fingerprint density at radius 2 is 1.81 bits per heavy atom. The lowest BCUT2D eigenvalue weighted by Gasteiger charge is -2.36. The molecule has 1 nitrogen and oxygen atoms in total. The number of hydrogen-bond donors (Lipinski definition) is 0. The second-order valence-corrected chi connectivity index (χ2v) is 5.50. The molecule has 2 atom stereocenters. The van der Waals surface area contributed by atoms with Crippen LogP contribution in [-0.2, 0) is 13.0 Å². The number of hydrogen-bond acceptors (Lipinski definition) is 1. The van der Waals surface area contributed by atoms with E-state index in [4.69, 9.17) is 0 Å². The van der Waals surface area contributed by atoms with Gasteiger partial charge in [0.05, 0.1) is 0 Å². The van der Waals surface area contributed by atoms with Crippen LogP contribution in [0.5, 0.6) is 0 Å². The molecule has 0 aromatic heterocycles. The van der Waals surface area contributed by atoms with Gasteiger partial charge in [-0.2, -0.15) is 0 Å². The van der Waals surface area contributed by atoms with Gasteiger partial charge in [-0.1, -0.05) is 37.1 Å². The van der Waals surface area contributed by atoms with Gasteiger partial charge < -0.3 is 0 Å². The van der Waals surface area contributed by atoms with Crippen molar-refractivity contribution >= 4 is 0 Å². The molecule has 1 fully saturated rings. The van der Waals surface area contributed by atoms with Crippen molar-refractivity contribution in [3.8, 4) is 0 Å². The summed E-state index contributed by atoms with van der Waals surface area (Å²) >= 11 is 0. The van der Waals surface area contributed by atoms with Gasteiger partial charge in [-0.3, -0.25) is 4.90 Å². The fraction of sp³-hybridized carbons (Fsp3) is 0.600. The van der Waals surface area contributed by atoms with E-state index in [2.05, 4.69) is 36.2 Å². The van der Waals surface area contributed by atoms with Crippen molar-refractivity contribution in [2.75, 3.05) is 7.05 Å². The van der Waals surface area contributed by atoms with E-state index in [0.29, 0.717) is 0 Å². The summed E-state index contributed by atoms with van der Waals surface area (Å²) in [5.41, 5.74) is 3.16. The fourth-order valence-electron chi connectivity index (χ4n) is 3.59. The lowest BCUT2D eigenvalue weighted by atomic mass is 9.81. The molecule has 1 aliphatic heterocycles. The Bertz CT molecular complexity index is 371. The highest BCUT2D eigenvalue weighted by molar-refractivity contribution is 5.29. The second kappa shape index (κ2) is 4.21. The first-order chi connectivity index (χ1) is 7.84. The highest BCUT2D eigenvalue weighted by Gasteiger charge is 2.31. The van der Waals surface area contributed by atoms with Crippen molar-refractivity contribution in [1.29, 1.82) is 0 Å². The highest BCUT2D eigenvalue weighted by Crippen LogP contribution is 2.34. The molecule has 1 aliphatic carbocycles. The molecular weight excluding hydrogens is 194 g/mol. The minimum atomic E-state index is 0.834. The van der Waals surface area contributed by atoms with Crippen molar-refractivity contribution in [3.05, 3.63) is 35.4 Å². The zero-order valence-corrected chi connectivity index (χ0v) is 10.2. The molecule has 1 saturated carbocycles. The average molecular weight is 215 g/mol. The molecule has 0 N–H and O–H groups in total. The molecule has 1 heteroatoms. The van der Waals surface area contributed by atoms with Gasteiger partial charge in [0.1, 0.15) is 0 Å². The second-order valence-electron chi connectivity index (χ2n) is 5.50. The van der Waals surface area contributed by atoms with Gasteiger partial charge in [-0.15, -0.1) is 0 Å². The third-order valence-corrected chi connectivity index (χ3v) is 4.46. The lowest BCUT2D eigenvalue weighted by molar-refractivity contribution is 0.131. The molecule has 0 saturated heterocycles. The van der Waals surface area contributed by atoms with Crippen LogP contribution in [-0.4, -0.2) is 18.0 Å². The summed E-state index contributed by atoms with van der Waals surface area (Å²) in [7, 11) is 2.31. The maximum absolute atomic E-state index is 2.59. The molecule has 0 spiro atoms. The Morgan fingerprint density at radius 3 is 2.69 bits per heavy atom. The van der Waals surface area contributed by atoms with Crippen LogP contribution in [0.4, 0.5) is 0 Å². The number of benzene rings is 1. The third-order valence-electron chi connectivity index (χ3n) is 4.46. The first-order valence-corrected chi connectivity index (χ1v) is 6.61. The van der Waals surface area contributed by atoms with Crippen molar-refractivity contribution < 1.29 is 0 Å². The van der Waals surface area contributed by atoms with Gasteiger partial charge in [-0.05, 0) is 43.4 Å². The lowest BCUT2D eigenvalue weighted by Crippen LogP contribution is -2.38. The molecule has 1 aromatic carbocycles. The summed E-state index contributed by atoms with van der Waals surface area (Å²) in [5.74, 6) is 0.905. The van der Waals surface area contributed by atoms with Crippen LogP contribution in [0.15, 0.2) is 24.3 Å². The quantitative estimate of drug-likeness (QED) is 0.642. The Balaban J connectivity index is 1.93. The summed E-state index contributed by atoms with van der Waals surface area (Å²) < 4.78 is 0. The first kappa shape index (κ1) is 10.3. The Labute approximate surface area is 98.5 Å². The van der Waals surface area contributed by atoms with E-state index in [1.54, 1.807) is 11.1 Å². The van der Waals surface area contributed by atoms with Crippen LogP contribution in [0.3, 0.4) is 0 Å². The number of rotatable bonds is 0. The van der Waals surface area contributed by atoms with E-state index >= 15 is 0 Å². The van der Waals surface area contributed by atoms with E-state index in [0.717, 1.165) is 18.5 Å².